The molecule has 2 N–H and O–H groups in total. The van der Waals surface area contributed by atoms with Crippen molar-refractivity contribution < 1.29 is 9.47 Å². The Kier molecular flexibility index (Phi) is 3.53. The molecule has 0 spiro atoms. The first-order chi connectivity index (χ1) is 7.40. The molecule has 0 radical (unpaired) electrons. The predicted molar refractivity (Wildman–Crippen MR) is 56.6 cm³/mol. The molecule has 1 fully saturated rings. The quantitative estimate of drug-likeness (QED) is 0.805. The van der Waals surface area contributed by atoms with Crippen molar-refractivity contribution in [1.29, 1.82) is 0 Å². The van der Waals surface area contributed by atoms with Crippen molar-refractivity contribution >= 4 is 0 Å². The molecule has 82 valence electrons. The van der Waals surface area contributed by atoms with E-state index in [0.29, 0.717) is 13.2 Å². The van der Waals surface area contributed by atoms with Gasteiger partial charge in [0, 0.05) is 24.9 Å². The second kappa shape index (κ2) is 5.09. The van der Waals surface area contributed by atoms with E-state index in [1.54, 1.807) is 12.4 Å². The minimum atomic E-state index is 0.232. The fourth-order valence-electron chi connectivity index (χ4n) is 1.67. The topological polar surface area (TPSA) is 57.4 Å². The summed E-state index contributed by atoms with van der Waals surface area (Å²) in [5, 5.41) is 0. The lowest BCUT2D eigenvalue weighted by molar-refractivity contribution is 0.0675. The average Bonchev–Trinajstić information content (AvgIpc) is 2.79. The second-order valence-corrected chi connectivity index (χ2v) is 3.63. The summed E-state index contributed by atoms with van der Waals surface area (Å²) in [7, 11) is 0. The maximum Gasteiger partial charge on any atom is 0.142 e. The average molecular weight is 208 g/mol. The van der Waals surface area contributed by atoms with Crippen LogP contribution in [-0.4, -0.2) is 24.3 Å². The van der Waals surface area contributed by atoms with Gasteiger partial charge < -0.3 is 15.2 Å². The Morgan fingerprint density at radius 3 is 3.27 bits per heavy atom. The molecule has 15 heavy (non-hydrogen) atoms. The lowest BCUT2D eigenvalue weighted by Crippen LogP contribution is -2.17. The molecule has 0 amide bonds. The Morgan fingerprint density at radius 2 is 2.53 bits per heavy atom. The van der Waals surface area contributed by atoms with Gasteiger partial charge in [0.2, 0.25) is 0 Å². The first kappa shape index (κ1) is 10.4. The molecule has 0 unspecified atom stereocenters. The molecule has 1 aliphatic heterocycles. The van der Waals surface area contributed by atoms with Crippen molar-refractivity contribution in [3.05, 3.63) is 24.0 Å². The van der Waals surface area contributed by atoms with Gasteiger partial charge in [-0.05, 0) is 18.9 Å². The van der Waals surface area contributed by atoms with Crippen LogP contribution in [0, 0.1) is 0 Å². The molecule has 1 atom stereocenters. The van der Waals surface area contributed by atoms with E-state index in [1.807, 2.05) is 6.07 Å². The minimum absolute atomic E-state index is 0.232. The number of ether oxygens (including phenoxy) is 2. The third-order valence-corrected chi connectivity index (χ3v) is 2.54. The second-order valence-electron chi connectivity index (χ2n) is 3.63. The standard InChI is InChI=1S/C11H16N2O2/c12-6-9-3-4-13-7-11(9)15-8-10-2-1-5-14-10/h3-4,7,10H,1-2,5-6,8,12H2/t10-/m0/s1. The van der Waals surface area contributed by atoms with Gasteiger partial charge in [0.15, 0.2) is 0 Å². The predicted octanol–water partition coefficient (Wildman–Crippen LogP) is 1.10. The van der Waals surface area contributed by atoms with Crippen LogP contribution in [0.5, 0.6) is 5.75 Å². The van der Waals surface area contributed by atoms with Crippen LogP contribution in [0.1, 0.15) is 18.4 Å². The van der Waals surface area contributed by atoms with Crippen LogP contribution in [0.15, 0.2) is 18.5 Å². The maximum absolute atomic E-state index is 5.64. The highest BCUT2D eigenvalue weighted by Gasteiger charge is 2.16. The Morgan fingerprint density at radius 1 is 1.60 bits per heavy atom. The fourth-order valence-corrected chi connectivity index (χ4v) is 1.67. The maximum atomic E-state index is 5.64. The molecule has 1 aromatic rings. The molecular formula is C11H16N2O2. The van der Waals surface area contributed by atoms with Crippen molar-refractivity contribution in [2.45, 2.75) is 25.5 Å². The van der Waals surface area contributed by atoms with Crippen molar-refractivity contribution in [2.75, 3.05) is 13.2 Å². The van der Waals surface area contributed by atoms with E-state index >= 15 is 0 Å². The zero-order valence-electron chi connectivity index (χ0n) is 8.69. The SMILES string of the molecule is NCc1ccncc1OC[C@@H]1CCCO1. The summed E-state index contributed by atoms with van der Waals surface area (Å²) >= 11 is 0. The molecule has 1 aliphatic rings. The van der Waals surface area contributed by atoms with Gasteiger partial charge in [0.05, 0.1) is 12.3 Å². The van der Waals surface area contributed by atoms with Gasteiger partial charge in [-0.1, -0.05) is 0 Å². The van der Waals surface area contributed by atoms with Crippen molar-refractivity contribution in [2.24, 2.45) is 5.73 Å². The zero-order valence-corrected chi connectivity index (χ0v) is 8.69. The molecule has 0 bridgehead atoms. The van der Waals surface area contributed by atoms with E-state index < -0.39 is 0 Å². The van der Waals surface area contributed by atoms with E-state index in [1.165, 1.54) is 0 Å². The number of hydrogen-bond acceptors (Lipinski definition) is 4. The Bertz CT molecular complexity index is 311. The molecule has 1 aromatic heterocycles. The number of hydrogen-bond donors (Lipinski definition) is 1. The lowest BCUT2D eigenvalue weighted by atomic mass is 10.2. The normalized spacial score (nSPS) is 20.5. The number of nitrogens with zero attached hydrogens (tertiary/aromatic N) is 1. The molecule has 0 saturated carbocycles. The van der Waals surface area contributed by atoms with E-state index in [2.05, 4.69) is 4.98 Å². The molecule has 4 nitrogen and oxygen atoms in total. The summed E-state index contributed by atoms with van der Waals surface area (Å²) in [4.78, 5) is 4.02. The summed E-state index contributed by atoms with van der Waals surface area (Å²) in [6.07, 6.45) is 5.87. The summed E-state index contributed by atoms with van der Waals surface area (Å²) in [6.45, 7) is 1.92. The highest BCUT2D eigenvalue weighted by atomic mass is 16.5. The largest absolute Gasteiger partial charge is 0.489 e. The highest BCUT2D eigenvalue weighted by Crippen LogP contribution is 2.18. The van der Waals surface area contributed by atoms with Crippen LogP contribution in [-0.2, 0) is 11.3 Å². The molecule has 2 heterocycles. The van der Waals surface area contributed by atoms with E-state index in [4.69, 9.17) is 15.2 Å². The third kappa shape index (κ3) is 2.67. The van der Waals surface area contributed by atoms with E-state index in [-0.39, 0.29) is 6.10 Å². The van der Waals surface area contributed by atoms with Crippen LogP contribution < -0.4 is 10.5 Å². The molecule has 2 rings (SSSR count). The molecule has 0 aromatic carbocycles. The molecule has 1 saturated heterocycles. The highest BCUT2D eigenvalue weighted by molar-refractivity contribution is 5.29. The van der Waals surface area contributed by atoms with Crippen molar-refractivity contribution in [1.82, 2.24) is 4.98 Å². The number of pyridine rings is 1. The van der Waals surface area contributed by atoms with Gasteiger partial charge >= 0.3 is 0 Å². The summed E-state index contributed by atoms with van der Waals surface area (Å²) in [6, 6.07) is 1.88. The van der Waals surface area contributed by atoms with Crippen LogP contribution in [0.3, 0.4) is 0 Å². The molecule has 4 heteroatoms. The van der Waals surface area contributed by atoms with Gasteiger partial charge in [0.1, 0.15) is 12.4 Å². The molecular weight excluding hydrogens is 192 g/mol. The van der Waals surface area contributed by atoms with Gasteiger partial charge in [-0.2, -0.15) is 0 Å². The number of aromatic nitrogens is 1. The summed E-state index contributed by atoms with van der Waals surface area (Å²) in [5.74, 6) is 0.774. The Labute approximate surface area is 89.4 Å². The minimum Gasteiger partial charge on any atom is -0.489 e. The Balaban J connectivity index is 1.91. The number of nitrogens with two attached hydrogens (primary N) is 1. The van der Waals surface area contributed by atoms with Crippen LogP contribution in [0.4, 0.5) is 0 Å². The molecule has 0 aliphatic carbocycles. The van der Waals surface area contributed by atoms with Crippen LogP contribution in [0.2, 0.25) is 0 Å². The van der Waals surface area contributed by atoms with E-state index in [0.717, 1.165) is 30.8 Å². The third-order valence-electron chi connectivity index (χ3n) is 2.54. The lowest BCUT2D eigenvalue weighted by Gasteiger charge is -2.13. The van der Waals surface area contributed by atoms with Gasteiger partial charge in [-0.25, -0.2) is 0 Å². The van der Waals surface area contributed by atoms with Crippen LogP contribution in [0.25, 0.3) is 0 Å². The summed E-state index contributed by atoms with van der Waals surface area (Å²) < 4.78 is 11.1. The van der Waals surface area contributed by atoms with E-state index in [9.17, 15) is 0 Å². The fraction of sp³-hybridized carbons (Fsp3) is 0.545. The summed E-state index contributed by atoms with van der Waals surface area (Å²) in [5.41, 5.74) is 6.58. The van der Waals surface area contributed by atoms with Gasteiger partial charge in [-0.15, -0.1) is 0 Å². The van der Waals surface area contributed by atoms with Gasteiger partial charge in [0.25, 0.3) is 0 Å². The smallest absolute Gasteiger partial charge is 0.142 e. The van der Waals surface area contributed by atoms with Gasteiger partial charge in [-0.3, -0.25) is 4.98 Å². The van der Waals surface area contributed by atoms with Crippen LogP contribution >= 0.6 is 0 Å². The number of rotatable bonds is 4. The first-order valence-electron chi connectivity index (χ1n) is 5.27. The van der Waals surface area contributed by atoms with Crippen molar-refractivity contribution in [3.8, 4) is 5.75 Å². The van der Waals surface area contributed by atoms with Crippen molar-refractivity contribution in [3.63, 3.8) is 0 Å². The Hall–Kier alpha value is -1.13. The monoisotopic (exact) mass is 208 g/mol. The first-order valence-corrected chi connectivity index (χ1v) is 5.27. The zero-order chi connectivity index (χ0) is 10.5.